The standard InChI is InChI=1S/C36H63O8P/c1-3-5-7-9-11-13-15-17-19-20-22-24-26-28-30-35(37)42-32-34(33-43-45(39,40)41)44-36(38)31-29-27-25-23-21-18-16-14-12-10-8-6-4-2/h5,7,11,13,18,21,25,27,34H,3-4,6,8-10,12,14-17,19-20,22-24,26,28-33H2,1-2H3,(H2,39,40,41)/b7-5+,13-11+,21-18+,27-25+. The van der Waals surface area contributed by atoms with Gasteiger partial charge in [-0.1, -0.05) is 127 Å². The Kier molecular flexibility index (Phi) is 30.6. The maximum Gasteiger partial charge on any atom is 0.469 e. The van der Waals surface area contributed by atoms with E-state index in [-0.39, 0.29) is 19.4 Å². The van der Waals surface area contributed by atoms with Gasteiger partial charge in [-0.3, -0.25) is 14.1 Å². The molecule has 0 aromatic rings. The van der Waals surface area contributed by atoms with E-state index < -0.39 is 32.5 Å². The lowest BCUT2D eigenvalue weighted by Gasteiger charge is -2.18. The van der Waals surface area contributed by atoms with Crippen molar-refractivity contribution >= 4 is 19.8 Å². The molecule has 0 aliphatic rings. The van der Waals surface area contributed by atoms with Crippen molar-refractivity contribution in [3.05, 3.63) is 48.6 Å². The monoisotopic (exact) mass is 654 g/mol. The van der Waals surface area contributed by atoms with Crippen molar-refractivity contribution in [1.82, 2.24) is 0 Å². The molecule has 0 rings (SSSR count). The second-order valence-electron chi connectivity index (χ2n) is 11.5. The molecule has 0 aromatic carbocycles. The second-order valence-corrected chi connectivity index (χ2v) is 12.7. The minimum Gasteiger partial charge on any atom is -0.462 e. The van der Waals surface area contributed by atoms with Crippen LogP contribution < -0.4 is 0 Å². The Morgan fingerprint density at radius 3 is 1.67 bits per heavy atom. The van der Waals surface area contributed by atoms with E-state index >= 15 is 0 Å². The van der Waals surface area contributed by atoms with Crippen LogP contribution in [0.4, 0.5) is 0 Å². The van der Waals surface area contributed by atoms with Gasteiger partial charge in [-0.2, -0.15) is 0 Å². The summed E-state index contributed by atoms with van der Waals surface area (Å²) in [5.74, 6) is -0.978. The molecule has 0 saturated carbocycles. The topological polar surface area (TPSA) is 119 Å². The Morgan fingerprint density at radius 2 is 1.11 bits per heavy atom. The summed E-state index contributed by atoms with van der Waals surface area (Å²) in [6.07, 6.45) is 37.1. The number of unbranched alkanes of at least 4 members (excludes halogenated alkanes) is 13. The third-order valence-electron chi connectivity index (χ3n) is 7.09. The molecular weight excluding hydrogens is 591 g/mol. The first-order chi connectivity index (χ1) is 21.8. The molecule has 0 aliphatic heterocycles. The number of hydrogen-bond acceptors (Lipinski definition) is 6. The molecule has 1 atom stereocenters. The number of esters is 2. The summed E-state index contributed by atoms with van der Waals surface area (Å²) in [5.41, 5.74) is 0. The molecule has 9 heteroatoms. The van der Waals surface area contributed by atoms with Gasteiger partial charge in [-0.15, -0.1) is 0 Å². The maximum absolute atomic E-state index is 12.3. The van der Waals surface area contributed by atoms with E-state index in [9.17, 15) is 14.2 Å². The molecule has 0 fully saturated rings. The normalized spacial score (nSPS) is 13.1. The molecule has 0 radical (unpaired) electrons. The van der Waals surface area contributed by atoms with Gasteiger partial charge < -0.3 is 19.3 Å². The quantitative estimate of drug-likeness (QED) is 0.0328. The highest BCUT2D eigenvalue weighted by Crippen LogP contribution is 2.35. The van der Waals surface area contributed by atoms with Gasteiger partial charge in [0.25, 0.3) is 0 Å². The van der Waals surface area contributed by atoms with E-state index in [2.05, 4.69) is 54.8 Å². The number of carbonyl (C=O) groups is 2. The molecule has 260 valence electrons. The summed E-state index contributed by atoms with van der Waals surface area (Å²) in [6, 6.07) is 0. The zero-order valence-electron chi connectivity index (χ0n) is 28.3. The van der Waals surface area contributed by atoms with Crippen molar-refractivity contribution in [1.29, 1.82) is 0 Å². The molecule has 2 N–H and O–H groups in total. The average molecular weight is 655 g/mol. The van der Waals surface area contributed by atoms with E-state index in [0.29, 0.717) is 12.8 Å². The van der Waals surface area contributed by atoms with Crippen molar-refractivity contribution in [2.75, 3.05) is 13.2 Å². The van der Waals surface area contributed by atoms with Crippen LogP contribution in [0.1, 0.15) is 149 Å². The lowest BCUT2D eigenvalue weighted by Crippen LogP contribution is -2.29. The van der Waals surface area contributed by atoms with Gasteiger partial charge in [0.2, 0.25) is 0 Å². The van der Waals surface area contributed by atoms with Crippen LogP contribution in [0.5, 0.6) is 0 Å². The van der Waals surface area contributed by atoms with Crippen molar-refractivity contribution in [2.45, 2.75) is 155 Å². The van der Waals surface area contributed by atoms with Gasteiger partial charge in [0, 0.05) is 12.8 Å². The Morgan fingerprint density at radius 1 is 0.600 bits per heavy atom. The van der Waals surface area contributed by atoms with Crippen molar-refractivity contribution in [3.8, 4) is 0 Å². The summed E-state index contributed by atoms with van der Waals surface area (Å²) in [5, 5.41) is 0. The lowest BCUT2D eigenvalue weighted by molar-refractivity contribution is -0.161. The molecule has 0 bridgehead atoms. The molecule has 0 spiro atoms. The lowest BCUT2D eigenvalue weighted by atomic mass is 10.1. The summed E-state index contributed by atoms with van der Waals surface area (Å²) >= 11 is 0. The third-order valence-corrected chi connectivity index (χ3v) is 7.58. The van der Waals surface area contributed by atoms with Crippen LogP contribution in [0.2, 0.25) is 0 Å². The van der Waals surface area contributed by atoms with E-state index in [4.69, 9.17) is 19.3 Å². The minimum atomic E-state index is -4.76. The van der Waals surface area contributed by atoms with E-state index in [0.717, 1.165) is 51.4 Å². The first-order valence-corrected chi connectivity index (χ1v) is 19.0. The van der Waals surface area contributed by atoms with E-state index in [1.807, 2.05) is 12.2 Å². The highest BCUT2D eigenvalue weighted by molar-refractivity contribution is 7.46. The number of hydrogen-bond donors (Lipinski definition) is 2. The molecular formula is C36H63O8P. The molecule has 1 unspecified atom stereocenters. The first-order valence-electron chi connectivity index (χ1n) is 17.4. The number of allylic oxidation sites excluding steroid dienone is 8. The molecule has 0 aromatic heterocycles. The fraction of sp³-hybridized carbons (Fsp3) is 0.722. The van der Waals surface area contributed by atoms with Crippen LogP contribution in [0.3, 0.4) is 0 Å². The predicted octanol–water partition coefficient (Wildman–Crippen LogP) is 10.0. The predicted molar refractivity (Wildman–Crippen MR) is 184 cm³/mol. The van der Waals surface area contributed by atoms with E-state index in [1.165, 1.54) is 57.8 Å². The molecule has 0 saturated heterocycles. The number of phosphoric ester groups is 1. The summed E-state index contributed by atoms with van der Waals surface area (Å²) < 4.78 is 26.2. The van der Waals surface area contributed by atoms with Crippen molar-refractivity contribution in [3.63, 3.8) is 0 Å². The Hall–Kier alpha value is -1.99. The molecule has 45 heavy (non-hydrogen) atoms. The number of rotatable bonds is 31. The molecule has 0 aliphatic carbocycles. The van der Waals surface area contributed by atoms with Crippen LogP contribution in [-0.4, -0.2) is 41.0 Å². The maximum atomic E-state index is 12.3. The van der Waals surface area contributed by atoms with Crippen LogP contribution >= 0.6 is 7.82 Å². The van der Waals surface area contributed by atoms with Crippen LogP contribution in [0, 0.1) is 0 Å². The summed E-state index contributed by atoms with van der Waals surface area (Å²) in [6.45, 7) is 3.49. The van der Waals surface area contributed by atoms with Gasteiger partial charge >= 0.3 is 19.8 Å². The molecule has 8 nitrogen and oxygen atoms in total. The summed E-state index contributed by atoms with van der Waals surface area (Å²) in [7, 11) is -4.76. The Labute approximate surface area is 274 Å². The molecule has 0 amide bonds. The van der Waals surface area contributed by atoms with Gasteiger partial charge in [0.05, 0.1) is 6.61 Å². The molecule has 0 heterocycles. The second kappa shape index (κ2) is 32.0. The minimum absolute atomic E-state index is 0.103. The fourth-order valence-corrected chi connectivity index (χ4v) is 4.88. The number of phosphoric acid groups is 1. The van der Waals surface area contributed by atoms with Gasteiger partial charge in [-0.05, 0) is 57.8 Å². The highest BCUT2D eigenvalue weighted by Gasteiger charge is 2.22. The SMILES string of the molecule is CC/C=C/C/C=C/CCCCCCCCCC(=O)OCC(COP(=O)(O)O)OC(=O)CC/C=C/C/C=C/CCCCCCCC. The summed E-state index contributed by atoms with van der Waals surface area (Å²) in [4.78, 5) is 42.5. The van der Waals surface area contributed by atoms with Gasteiger partial charge in [0.15, 0.2) is 6.10 Å². The highest BCUT2D eigenvalue weighted by atomic mass is 31.2. The zero-order valence-corrected chi connectivity index (χ0v) is 29.1. The first kappa shape index (κ1) is 43.0. The third kappa shape index (κ3) is 34.7. The Balaban J connectivity index is 4.09. The van der Waals surface area contributed by atoms with Crippen LogP contribution in [0.15, 0.2) is 48.6 Å². The van der Waals surface area contributed by atoms with E-state index in [1.54, 1.807) is 0 Å². The van der Waals surface area contributed by atoms with Crippen LogP contribution in [0.25, 0.3) is 0 Å². The zero-order chi connectivity index (χ0) is 33.3. The van der Waals surface area contributed by atoms with Gasteiger partial charge in [0.1, 0.15) is 6.61 Å². The Bertz CT molecular complexity index is 874. The van der Waals surface area contributed by atoms with Crippen molar-refractivity contribution < 1.29 is 37.9 Å². The largest absolute Gasteiger partial charge is 0.469 e. The smallest absolute Gasteiger partial charge is 0.462 e. The van der Waals surface area contributed by atoms with Crippen LogP contribution in [-0.2, 0) is 28.2 Å². The van der Waals surface area contributed by atoms with Gasteiger partial charge in [-0.25, -0.2) is 4.57 Å². The number of carbonyl (C=O) groups excluding carboxylic acids is 2. The van der Waals surface area contributed by atoms with Crippen molar-refractivity contribution in [2.24, 2.45) is 0 Å². The fourth-order valence-electron chi connectivity index (χ4n) is 4.52. The average Bonchev–Trinajstić information content (AvgIpc) is 3.00. The number of ether oxygens (including phenoxy) is 2.